The molecule has 19 heavy (non-hydrogen) atoms. The highest BCUT2D eigenvalue weighted by atomic mass is 32.1. The van der Waals surface area contributed by atoms with Gasteiger partial charge in [0.25, 0.3) is 0 Å². The molecule has 3 N–H and O–H groups in total. The van der Waals surface area contributed by atoms with Crippen molar-refractivity contribution in [1.82, 2.24) is 5.43 Å². The molecule has 2 rings (SSSR count). The Kier molecular flexibility index (Phi) is 4.58. The SMILES string of the molecule is COc1ccc(C)cc1CC(NN)c1ccc(C)s1. The van der Waals surface area contributed by atoms with Crippen LogP contribution in [0.2, 0.25) is 0 Å². The van der Waals surface area contributed by atoms with Gasteiger partial charge in [-0.3, -0.25) is 11.3 Å². The number of hydrogen-bond acceptors (Lipinski definition) is 4. The van der Waals surface area contributed by atoms with Crippen LogP contribution >= 0.6 is 11.3 Å². The Labute approximate surface area is 118 Å². The third-order valence-electron chi connectivity index (χ3n) is 3.17. The summed E-state index contributed by atoms with van der Waals surface area (Å²) in [6.45, 7) is 4.19. The Balaban J connectivity index is 2.25. The predicted octanol–water partition coefficient (Wildman–Crippen LogP) is 3.12. The van der Waals surface area contributed by atoms with Crippen LogP contribution in [0.25, 0.3) is 0 Å². The maximum atomic E-state index is 5.71. The molecule has 0 amide bonds. The summed E-state index contributed by atoms with van der Waals surface area (Å²) in [5.74, 6) is 6.62. The number of rotatable bonds is 5. The summed E-state index contributed by atoms with van der Waals surface area (Å²) in [6, 6.07) is 10.6. The van der Waals surface area contributed by atoms with Gasteiger partial charge < -0.3 is 4.74 Å². The lowest BCUT2D eigenvalue weighted by atomic mass is 10.0. The van der Waals surface area contributed by atoms with E-state index < -0.39 is 0 Å². The average molecular weight is 276 g/mol. The van der Waals surface area contributed by atoms with Crippen molar-refractivity contribution in [2.24, 2.45) is 5.84 Å². The standard InChI is InChI=1S/C15H20N2OS/c1-10-4-6-14(18-3)12(8-10)9-13(17-16)15-7-5-11(2)19-15/h4-8,13,17H,9,16H2,1-3H3. The molecule has 2 aromatic rings. The molecule has 102 valence electrons. The zero-order valence-electron chi connectivity index (χ0n) is 11.6. The summed E-state index contributed by atoms with van der Waals surface area (Å²) in [4.78, 5) is 2.55. The number of methoxy groups -OCH3 is 1. The lowest BCUT2D eigenvalue weighted by Crippen LogP contribution is -2.29. The molecule has 0 bridgehead atoms. The van der Waals surface area contributed by atoms with Gasteiger partial charge in [-0.05, 0) is 44.0 Å². The molecule has 0 saturated heterocycles. The van der Waals surface area contributed by atoms with Crippen LogP contribution in [0.4, 0.5) is 0 Å². The maximum absolute atomic E-state index is 5.71. The fourth-order valence-electron chi connectivity index (χ4n) is 2.17. The zero-order chi connectivity index (χ0) is 13.8. The van der Waals surface area contributed by atoms with Crippen molar-refractivity contribution in [3.63, 3.8) is 0 Å². The minimum absolute atomic E-state index is 0.120. The molecule has 0 radical (unpaired) electrons. The van der Waals surface area contributed by atoms with Gasteiger partial charge in [0.2, 0.25) is 0 Å². The molecule has 4 heteroatoms. The van der Waals surface area contributed by atoms with Crippen LogP contribution in [-0.4, -0.2) is 7.11 Å². The second-order valence-electron chi connectivity index (χ2n) is 4.69. The number of aryl methyl sites for hydroxylation is 2. The van der Waals surface area contributed by atoms with Crippen LogP contribution in [0, 0.1) is 13.8 Å². The van der Waals surface area contributed by atoms with E-state index in [9.17, 15) is 0 Å². The molecule has 1 unspecified atom stereocenters. The summed E-state index contributed by atoms with van der Waals surface area (Å²) < 4.78 is 5.42. The van der Waals surface area contributed by atoms with E-state index in [1.807, 2.05) is 6.07 Å². The Morgan fingerprint density at radius 3 is 2.63 bits per heavy atom. The fraction of sp³-hybridized carbons (Fsp3) is 0.333. The van der Waals surface area contributed by atoms with Gasteiger partial charge >= 0.3 is 0 Å². The average Bonchev–Trinajstić information content (AvgIpc) is 2.82. The summed E-state index contributed by atoms with van der Waals surface area (Å²) in [5.41, 5.74) is 5.31. The van der Waals surface area contributed by atoms with E-state index in [-0.39, 0.29) is 6.04 Å². The van der Waals surface area contributed by atoms with Gasteiger partial charge in [-0.15, -0.1) is 11.3 Å². The minimum Gasteiger partial charge on any atom is -0.496 e. The third kappa shape index (κ3) is 3.35. The van der Waals surface area contributed by atoms with Crippen molar-refractivity contribution in [3.05, 3.63) is 51.2 Å². The van der Waals surface area contributed by atoms with Crippen molar-refractivity contribution in [3.8, 4) is 5.75 Å². The van der Waals surface area contributed by atoms with Crippen LogP contribution in [0.1, 0.15) is 26.9 Å². The highest BCUT2D eigenvalue weighted by molar-refractivity contribution is 7.12. The van der Waals surface area contributed by atoms with E-state index in [1.54, 1.807) is 18.4 Å². The van der Waals surface area contributed by atoms with Gasteiger partial charge in [-0.2, -0.15) is 0 Å². The molecule has 0 aliphatic carbocycles. The van der Waals surface area contributed by atoms with E-state index in [0.717, 1.165) is 12.2 Å². The molecule has 0 aliphatic heterocycles. The molecule has 0 fully saturated rings. The van der Waals surface area contributed by atoms with E-state index in [0.29, 0.717) is 0 Å². The molecular weight excluding hydrogens is 256 g/mol. The number of ether oxygens (including phenoxy) is 1. The Bertz CT molecular complexity index is 551. The normalized spacial score (nSPS) is 12.4. The molecule has 0 aliphatic rings. The fourth-order valence-corrected chi connectivity index (χ4v) is 3.11. The van der Waals surface area contributed by atoms with Gasteiger partial charge in [0.15, 0.2) is 0 Å². The Hall–Kier alpha value is -1.36. The van der Waals surface area contributed by atoms with Crippen LogP contribution in [0.15, 0.2) is 30.3 Å². The first-order valence-electron chi connectivity index (χ1n) is 6.30. The largest absolute Gasteiger partial charge is 0.496 e. The second kappa shape index (κ2) is 6.19. The molecule has 1 atom stereocenters. The van der Waals surface area contributed by atoms with Gasteiger partial charge in [0.1, 0.15) is 5.75 Å². The Morgan fingerprint density at radius 2 is 2.05 bits per heavy atom. The predicted molar refractivity (Wildman–Crippen MR) is 80.6 cm³/mol. The number of hydrogen-bond donors (Lipinski definition) is 2. The van der Waals surface area contributed by atoms with Crippen molar-refractivity contribution in [2.75, 3.05) is 7.11 Å². The summed E-state index contributed by atoms with van der Waals surface area (Å²) in [6.07, 6.45) is 0.821. The number of nitrogens with one attached hydrogen (secondary N) is 1. The highest BCUT2D eigenvalue weighted by Gasteiger charge is 2.15. The smallest absolute Gasteiger partial charge is 0.122 e. The first-order valence-corrected chi connectivity index (χ1v) is 7.11. The summed E-state index contributed by atoms with van der Waals surface area (Å²) >= 11 is 1.77. The lowest BCUT2D eigenvalue weighted by molar-refractivity contribution is 0.406. The third-order valence-corrected chi connectivity index (χ3v) is 4.28. The van der Waals surface area contributed by atoms with E-state index >= 15 is 0 Å². The molecule has 0 saturated carbocycles. The quantitative estimate of drug-likeness (QED) is 0.651. The van der Waals surface area contributed by atoms with Gasteiger partial charge in [0.05, 0.1) is 13.2 Å². The molecule has 3 nitrogen and oxygen atoms in total. The van der Waals surface area contributed by atoms with Crippen molar-refractivity contribution >= 4 is 11.3 Å². The topological polar surface area (TPSA) is 47.3 Å². The second-order valence-corrected chi connectivity index (χ2v) is 6.01. The molecule has 1 aromatic carbocycles. The van der Waals surface area contributed by atoms with Crippen molar-refractivity contribution in [2.45, 2.75) is 26.3 Å². The Morgan fingerprint density at radius 1 is 1.26 bits per heavy atom. The number of nitrogens with two attached hydrogens (primary N) is 1. The number of hydrazine groups is 1. The maximum Gasteiger partial charge on any atom is 0.122 e. The van der Waals surface area contributed by atoms with E-state index in [1.165, 1.54) is 20.9 Å². The minimum atomic E-state index is 0.120. The highest BCUT2D eigenvalue weighted by Crippen LogP contribution is 2.29. The molecule has 1 aromatic heterocycles. The summed E-state index contributed by atoms with van der Waals surface area (Å²) in [7, 11) is 1.70. The zero-order valence-corrected chi connectivity index (χ0v) is 12.4. The van der Waals surface area contributed by atoms with Gasteiger partial charge in [0, 0.05) is 9.75 Å². The van der Waals surface area contributed by atoms with Crippen molar-refractivity contribution in [1.29, 1.82) is 0 Å². The van der Waals surface area contributed by atoms with Crippen LogP contribution < -0.4 is 16.0 Å². The summed E-state index contributed by atoms with van der Waals surface area (Å²) in [5, 5.41) is 0. The lowest BCUT2D eigenvalue weighted by Gasteiger charge is -2.17. The first kappa shape index (κ1) is 14.1. The van der Waals surface area contributed by atoms with Crippen molar-refractivity contribution < 1.29 is 4.74 Å². The first-order chi connectivity index (χ1) is 9.13. The van der Waals surface area contributed by atoms with E-state index in [4.69, 9.17) is 10.6 Å². The molecule has 0 spiro atoms. The van der Waals surface area contributed by atoms with Gasteiger partial charge in [-0.25, -0.2) is 0 Å². The molecule has 1 heterocycles. The number of thiophene rings is 1. The van der Waals surface area contributed by atoms with Gasteiger partial charge in [-0.1, -0.05) is 17.7 Å². The van der Waals surface area contributed by atoms with Crippen LogP contribution in [0.3, 0.4) is 0 Å². The molecular formula is C15H20N2OS. The van der Waals surface area contributed by atoms with E-state index in [2.05, 4.69) is 43.5 Å². The monoisotopic (exact) mass is 276 g/mol. The number of benzene rings is 1. The van der Waals surface area contributed by atoms with Crippen LogP contribution in [0.5, 0.6) is 5.75 Å². The van der Waals surface area contributed by atoms with Crippen LogP contribution in [-0.2, 0) is 6.42 Å².